The van der Waals surface area contributed by atoms with Crippen LogP contribution in [0.1, 0.15) is 35.7 Å². The minimum absolute atomic E-state index is 0. The summed E-state index contributed by atoms with van der Waals surface area (Å²) in [6.07, 6.45) is 2.05. The highest BCUT2D eigenvalue weighted by Crippen LogP contribution is 2.20. The second kappa shape index (κ2) is 8.01. The van der Waals surface area contributed by atoms with Gasteiger partial charge in [-0.25, -0.2) is 0 Å². The number of hydrogen-bond donors (Lipinski definition) is 1. The fourth-order valence-corrected chi connectivity index (χ4v) is 3.09. The van der Waals surface area contributed by atoms with Crippen molar-refractivity contribution in [3.63, 3.8) is 0 Å². The Morgan fingerprint density at radius 3 is 2.80 bits per heavy atom. The predicted octanol–water partition coefficient (Wildman–Crippen LogP) is 3.39. The molecule has 0 spiro atoms. The molecule has 20 heavy (non-hydrogen) atoms. The van der Waals surface area contributed by atoms with Crippen LogP contribution < -0.4 is 5.32 Å². The molecule has 5 heteroatoms. The molecule has 0 saturated carbocycles. The highest BCUT2D eigenvalue weighted by Gasteiger charge is 2.27. The molecule has 1 aliphatic rings. The Morgan fingerprint density at radius 1 is 1.50 bits per heavy atom. The number of nitrogens with one attached hydrogen (secondary N) is 1. The first kappa shape index (κ1) is 17.5. The SMILES string of the molecule is CCCN(C(=O)c1ccc(Br)cc1C)C1CCNC1.Cl. The number of carbonyl (C=O) groups is 1. The number of rotatable bonds is 4. The highest BCUT2D eigenvalue weighted by atomic mass is 79.9. The Balaban J connectivity index is 0.00000200. The number of hydrogen-bond acceptors (Lipinski definition) is 2. The zero-order chi connectivity index (χ0) is 13.8. The van der Waals surface area contributed by atoms with Crippen molar-refractivity contribution in [2.75, 3.05) is 19.6 Å². The molecule has 0 bridgehead atoms. The first-order valence-electron chi connectivity index (χ1n) is 6.91. The van der Waals surface area contributed by atoms with E-state index in [2.05, 4.69) is 28.2 Å². The molecule has 0 aliphatic carbocycles. The monoisotopic (exact) mass is 360 g/mol. The van der Waals surface area contributed by atoms with E-state index in [1.165, 1.54) is 0 Å². The molecule has 1 amide bonds. The van der Waals surface area contributed by atoms with Gasteiger partial charge in [-0.1, -0.05) is 22.9 Å². The van der Waals surface area contributed by atoms with Crippen LogP contribution in [0.3, 0.4) is 0 Å². The molecule has 2 rings (SSSR count). The average Bonchev–Trinajstić information content (AvgIpc) is 2.89. The Bertz CT molecular complexity index is 461. The lowest BCUT2D eigenvalue weighted by Crippen LogP contribution is -2.42. The second-order valence-corrected chi connectivity index (χ2v) is 6.02. The smallest absolute Gasteiger partial charge is 0.254 e. The number of nitrogens with zero attached hydrogens (tertiary/aromatic N) is 1. The van der Waals surface area contributed by atoms with Gasteiger partial charge in [0, 0.05) is 29.2 Å². The summed E-state index contributed by atoms with van der Waals surface area (Å²) in [4.78, 5) is 14.8. The summed E-state index contributed by atoms with van der Waals surface area (Å²) in [5.41, 5.74) is 1.86. The number of aryl methyl sites for hydroxylation is 1. The number of amides is 1. The Kier molecular flexibility index (Phi) is 7.00. The van der Waals surface area contributed by atoms with E-state index in [1.807, 2.05) is 30.0 Å². The first-order valence-corrected chi connectivity index (χ1v) is 7.70. The van der Waals surface area contributed by atoms with E-state index in [9.17, 15) is 4.79 Å². The van der Waals surface area contributed by atoms with E-state index in [0.717, 1.165) is 48.1 Å². The lowest BCUT2D eigenvalue weighted by Gasteiger charge is -2.29. The van der Waals surface area contributed by atoms with Gasteiger partial charge >= 0.3 is 0 Å². The van der Waals surface area contributed by atoms with Gasteiger partial charge in [0.25, 0.3) is 5.91 Å². The van der Waals surface area contributed by atoms with Crippen LogP contribution in [0.2, 0.25) is 0 Å². The van der Waals surface area contributed by atoms with Crippen LogP contribution in [0.25, 0.3) is 0 Å². The predicted molar refractivity (Wildman–Crippen MR) is 88.7 cm³/mol. The van der Waals surface area contributed by atoms with Crippen molar-refractivity contribution in [1.82, 2.24) is 10.2 Å². The zero-order valence-corrected chi connectivity index (χ0v) is 14.4. The van der Waals surface area contributed by atoms with Gasteiger partial charge in [0.2, 0.25) is 0 Å². The van der Waals surface area contributed by atoms with Crippen LogP contribution in [0.15, 0.2) is 22.7 Å². The molecule has 1 unspecified atom stereocenters. The molecule has 3 nitrogen and oxygen atoms in total. The topological polar surface area (TPSA) is 32.3 Å². The van der Waals surface area contributed by atoms with Crippen molar-refractivity contribution < 1.29 is 4.79 Å². The van der Waals surface area contributed by atoms with Crippen molar-refractivity contribution in [2.45, 2.75) is 32.7 Å². The maximum Gasteiger partial charge on any atom is 0.254 e. The summed E-state index contributed by atoms with van der Waals surface area (Å²) in [5.74, 6) is 0.167. The van der Waals surface area contributed by atoms with Crippen molar-refractivity contribution in [3.8, 4) is 0 Å². The van der Waals surface area contributed by atoms with Crippen LogP contribution >= 0.6 is 28.3 Å². The number of halogens is 2. The van der Waals surface area contributed by atoms with E-state index in [1.54, 1.807) is 0 Å². The van der Waals surface area contributed by atoms with Crippen molar-refractivity contribution in [3.05, 3.63) is 33.8 Å². The van der Waals surface area contributed by atoms with Gasteiger partial charge < -0.3 is 10.2 Å². The second-order valence-electron chi connectivity index (χ2n) is 5.10. The van der Waals surface area contributed by atoms with Crippen LogP contribution in [-0.2, 0) is 0 Å². The molecular weight excluding hydrogens is 340 g/mol. The van der Waals surface area contributed by atoms with Gasteiger partial charge in [-0.2, -0.15) is 0 Å². The highest BCUT2D eigenvalue weighted by molar-refractivity contribution is 9.10. The largest absolute Gasteiger partial charge is 0.334 e. The summed E-state index contributed by atoms with van der Waals surface area (Å²) in [6.45, 7) is 6.88. The summed E-state index contributed by atoms with van der Waals surface area (Å²) < 4.78 is 1.02. The molecule has 1 fully saturated rings. The van der Waals surface area contributed by atoms with Crippen LogP contribution in [0.5, 0.6) is 0 Å². The summed E-state index contributed by atoms with van der Waals surface area (Å²) in [5, 5.41) is 3.34. The Morgan fingerprint density at radius 2 is 2.25 bits per heavy atom. The van der Waals surface area contributed by atoms with E-state index in [0.29, 0.717) is 6.04 Å². The van der Waals surface area contributed by atoms with E-state index < -0.39 is 0 Å². The van der Waals surface area contributed by atoms with Gasteiger partial charge in [-0.15, -0.1) is 12.4 Å². The minimum atomic E-state index is 0. The quantitative estimate of drug-likeness (QED) is 0.891. The van der Waals surface area contributed by atoms with Crippen LogP contribution in [0, 0.1) is 6.92 Å². The van der Waals surface area contributed by atoms with Gasteiger partial charge in [-0.3, -0.25) is 4.79 Å². The molecule has 1 atom stereocenters. The number of benzene rings is 1. The normalized spacial score (nSPS) is 17.6. The van der Waals surface area contributed by atoms with E-state index in [-0.39, 0.29) is 18.3 Å². The first-order chi connectivity index (χ1) is 9.13. The van der Waals surface area contributed by atoms with Gasteiger partial charge in [-0.05, 0) is 50.1 Å². The average molecular weight is 362 g/mol. The molecule has 112 valence electrons. The van der Waals surface area contributed by atoms with Crippen molar-refractivity contribution in [1.29, 1.82) is 0 Å². The molecule has 0 aromatic heterocycles. The van der Waals surface area contributed by atoms with E-state index >= 15 is 0 Å². The van der Waals surface area contributed by atoms with Gasteiger partial charge in [0.05, 0.1) is 0 Å². The van der Waals surface area contributed by atoms with Crippen LogP contribution in [0.4, 0.5) is 0 Å². The third-order valence-corrected chi connectivity index (χ3v) is 4.11. The maximum atomic E-state index is 12.7. The minimum Gasteiger partial charge on any atom is -0.334 e. The van der Waals surface area contributed by atoms with Gasteiger partial charge in [0.15, 0.2) is 0 Å². The third-order valence-electron chi connectivity index (χ3n) is 3.62. The summed E-state index contributed by atoms with van der Waals surface area (Å²) in [7, 11) is 0. The van der Waals surface area contributed by atoms with E-state index in [4.69, 9.17) is 0 Å². The third kappa shape index (κ3) is 3.96. The maximum absolute atomic E-state index is 12.7. The molecule has 1 N–H and O–H groups in total. The van der Waals surface area contributed by atoms with Crippen LogP contribution in [-0.4, -0.2) is 36.5 Å². The molecule has 1 heterocycles. The number of carbonyl (C=O) groups excluding carboxylic acids is 1. The fourth-order valence-electron chi connectivity index (χ4n) is 2.62. The lowest BCUT2D eigenvalue weighted by molar-refractivity contribution is 0.0691. The fraction of sp³-hybridized carbons (Fsp3) is 0.533. The molecular formula is C15H22BrClN2O. The molecule has 0 radical (unpaired) electrons. The standard InChI is InChI=1S/C15H21BrN2O.ClH/c1-3-8-18(13-6-7-17-10-13)15(19)14-5-4-12(16)9-11(14)2;/h4-5,9,13,17H,3,6-8,10H2,1-2H3;1H. The van der Waals surface area contributed by atoms with Crippen molar-refractivity contribution >= 4 is 34.2 Å². The Labute approximate surface area is 135 Å². The summed E-state index contributed by atoms with van der Waals surface area (Å²) >= 11 is 3.44. The van der Waals surface area contributed by atoms with Crippen molar-refractivity contribution in [2.24, 2.45) is 0 Å². The Hall–Kier alpha value is -0.580. The molecule has 1 saturated heterocycles. The molecule has 1 aliphatic heterocycles. The summed E-state index contributed by atoms with van der Waals surface area (Å²) in [6, 6.07) is 6.21. The zero-order valence-electron chi connectivity index (χ0n) is 12.0. The lowest BCUT2D eigenvalue weighted by atomic mass is 10.1. The molecule has 1 aromatic carbocycles. The van der Waals surface area contributed by atoms with Gasteiger partial charge in [0.1, 0.15) is 0 Å². The molecule has 1 aromatic rings.